The average Bonchev–Trinajstić information content (AvgIpc) is 3.41. The normalized spacial score (nSPS) is 13.0. The number of allylic oxidation sites excluding steroid dienone is 2. The molecular formula is C31H27N7O2. The van der Waals surface area contributed by atoms with Gasteiger partial charge in [-0.1, -0.05) is 48.5 Å². The second-order valence-electron chi connectivity index (χ2n) is 9.40. The van der Waals surface area contributed by atoms with E-state index in [0.717, 1.165) is 47.4 Å². The van der Waals surface area contributed by atoms with Gasteiger partial charge in [-0.05, 0) is 49.0 Å². The zero-order valence-corrected chi connectivity index (χ0v) is 22.3. The van der Waals surface area contributed by atoms with Crippen LogP contribution in [0.2, 0.25) is 0 Å². The van der Waals surface area contributed by atoms with Gasteiger partial charge in [-0.3, -0.25) is 0 Å². The number of methoxy groups -OCH3 is 2. The number of anilines is 2. The lowest BCUT2D eigenvalue weighted by Gasteiger charge is -2.17. The van der Waals surface area contributed by atoms with Crippen LogP contribution in [0.15, 0.2) is 73.1 Å². The molecule has 9 nitrogen and oxygen atoms in total. The molecule has 0 saturated carbocycles. The van der Waals surface area contributed by atoms with Crippen molar-refractivity contribution in [3.05, 3.63) is 84.3 Å². The molecular weight excluding hydrogens is 502 g/mol. The van der Waals surface area contributed by atoms with Crippen LogP contribution in [-0.4, -0.2) is 38.8 Å². The van der Waals surface area contributed by atoms with Gasteiger partial charge in [0, 0.05) is 5.56 Å². The highest BCUT2D eigenvalue weighted by molar-refractivity contribution is 5.91. The summed E-state index contributed by atoms with van der Waals surface area (Å²) in [5, 5.41) is 17.6. The Morgan fingerprint density at radius 1 is 0.900 bits per heavy atom. The van der Waals surface area contributed by atoms with Gasteiger partial charge in [0.25, 0.3) is 0 Å². The third-order valence-corrected chi connectivity index (χ3v) is 6.97. The first kappa shape index (κ1) is 25.1. The molecule has 9 heteroatoms. The largest absolute Gasteiger partial charge is 0.497 e. The van der Waals surface area contributed by atoms with Crippen molar-refractivity contribution >= 4 is 22.9 Å². The molecule has 0 fully saturated rings. The topological polar surface area (TPSA) is 110 Å². The van der Waals surface area contributed by atoms with Gasteiger partial charge in [-0.2, -0.15) is 14.9 Å². The lowest BCUT2D eigenvalue weighted by molar-refractivity contribution is 0.387. The van der Waals surface area contributed by atoms with Gasteiger partial charge in [-0.25, -0.2) is 15.0 Å². The fourth-order valence-corrected chi connectivity index (χ4v) is 5.05. The summed E-state index contributed by atoms with van der Waals surface area (Å²) in [6.45, 7) is 0. The molecule has 0 spiro atoms. The van der Waals surface area contributed by atoms with Gasteiger partial charge in [0.05, 0.1) is 37.7 Å². The van der Waals surface area contributed by atoms with E-state index in [9.17, 15) is 0 Å². The Labute approximate surface area is 231 Å². The first-order valence-electron chi connectivity index (χ1n) is 13.1. The summed E-state index contributed by atoms with van der Waals surface area (Å²) in [7, 11) is 3.27. The van der Waals surface area contributed by atoms with Gasteiger partial charge in [0.15, 0.2) is 11.3 Å². The zero-order chi connectivity index (χ0) is 27.5. The first-order valence-corrected chi connectivity index (χ1v) is 13.1. The molecule has 1 N–H and O–H groups in total. The number of benzene rings is 2. The Balaban J connectivity index is 1.65. The molecule has 0 bridgehead atoms. The van der Waals surface area contributed by atoms with E-state index in [1.54, 1.807) is 18.7 Å². The van der Waals surface area contributed by atoms with E-state index in [1.807, 2.05) is 48.5 Å². The van der Waals surface area contributed by atoms with Crippen molar-refractivity contribution in [3.8, 4) is 40.1 Å². The number of aromatic nitrogens is 5. The quantitative estimate of drug-likeness (QED) is 0.256. The van der Waals surface area contributed by atoms with E-state index in [0.29, 0.717) is 28.7 Å². The van der Waals surface area contributed by atoms with Gasteiger partial charge in [0.2, 0.25) is 5.88 Å². The van der Waals surface area contributed by atoms with Crippen LogP contribution in [-0.2, 0) is 0 Å². The summed E-state index contributed by atoms with van der Waals surface area (Å²) in [6, 6.07) is 19.9. The Morgan fingerprint density at radius 2 is 1.73 bits per heavy atom. The average molecular weight is 530 g/mol. The van der Waals surface area contributed by atoms with Gasteiger partial charge in [-0.15, -0.1) is 0 Å². The Hall–Kier alpha value is -5.23. The third kappa shape index (κ3) is 4.60. The maximum atomic E-state index is 9.16. The van der Waals surface area contributed by atoms with Gasteiger partial charge < -0.3 is 14.8 Å². The maximum Gasteiger partial charge on any atom is 0.228 e. The van der Waals surface area contributed by atoms with Crippen molar-refractivity contribution in [1.29, 1.82) is 5.26 Å². The van der Waals surface area contributed by atoms with Crippen LogP contribution in [0, 0.1) is 11.3 Å². The standard InChI is InChI=1S/C31H27N7O2/c1-39-24-15-13-21(14-16-24)27-29(35-25-19-33-23(17-32)18-34-25)36-30-26(20-9-5-3-6-10-20)28(22-11-7-4-8-12-22)37-38(30)31(27)40-2/h4,7-9,11-16,18-19H,3,5-6,10H2,1-2H3,(H,34,35,36). The van der Waals surface area contributed by atoms with E-state index in [4.69, 9.17) is 24.8 Å². The van der Waals surface area contributed by atoms with Crippen LogP contribution in [0.4, 0.5) is 11.6 Å². The summed E-state index contributed by atoms with van der Waals surface area (Å²) in [5.74, 6) is 2.25. The van der Waals surface area contributed by atoms with E-state index in [1.165, 1.54) is 24.4 Å². The number of hydrogen-bond acceptors (Lipinski definition) is 8. The summed E-state index contributed by atoms with van der Waals surface area (Å²) in [6.07, 6.45) is 9.51. The number of hydrogen-bond donors (Lipinski definition) is 1. The second kappa shape index (κ2) is 10.9. The lowest BCUT2D eigenvalue weighted by Crippen LogP contribution is -2.07. The number of ether oxygens (including phenoxy) is 2. The van der Waals surface area contributed by atoms with Crippen molar-refractivity contribution in [2.45, 2.75) is 25.7 Å². The van der Waals surface area contributed by atoms with Crippen molar-refractivity contribution < 1.29 is 9.47 Å². The highest BCUT2D eigenvalue weighted by Gasteiger charge is 2.27. The molecule has 1 aliphatic carbocycles. The Bertz CT molecular complexity index is 1740. The van der Waals surface area contributed by atoms with E-state index < -0.39 is 0 Å². The predicted octanol–water partition coefficient (Wildman–Crippen LogP) is 6.44. The fraction of sp³-hybridized carbons (Fsp3) is 0.194. The van der Waals surface area contributed by atoms with Crippen LogP contribution in [0.3, 0.4) is 0 Å². The number of nitriles is 1. The third-order valence-electron chi connectivity index (χ3n) is 6.97. The molecule has 3 aromatic heterocycles. The minimum absolute atomic E-state index is 0.233. The van der Waals surface area contributed by atoms with Crippen LogP contribution in [0.1, 0.15) is 36.9 Å². The number of fused-ring (bicyclic) bond motifs is 1. The molecule has 0 unspecified atom stereocenters. The minimum Gasteiger partial charge on any atom is -0.497 e. The van der Waals surface area contributed by atoms with Gasteiger partial charge in [0.1, 0.15) is 29.1 Å². The second-order valence-corrected chi connectivity index (χ2v) is 9.40. The highest BCUT2D eigenvalue weighted by atomic mass is 16.5. The molecule has 2 aromatic carbocycles. The SMILES string of the molecule is COc1ccc(-c2c(Nc3cnc(C#N)cn3)nc3c(C4=CCCCC4)c(-c4ccccc4)nn3c2OC)cc1. The molecule has 6 rings (SSSR count). The molecule has 0 saturated heterocycles. The van der Waals surface area contributed by atoms with E-state index in [-0.39, 0.29) is 5.69 Å². The molecule has 0 radical (unpaired) electrons. The molecule has 0 atom stereocenters. The van der Waals surface area contributed by atoms with E-state index >= 15 is 0 Å². The lowest BCUT2D eigenvalue weighted by atomic mass is 9.92. The number of nitrogens with one attached hydrogen (secondary N) is 1. The zero-order valence-electron chi connectivity index (χ0n) is 22.3. The molecule has 0 amide bonds. The van der Waals surface area contributed by atoms with Crippen molar-refractivity contribution in [3.63, 3.8) is 0 Å². The highest BCUT2D eigenvalue weighted by Crippen LogP contribution is 2.43. The minimum atomic E-state index is 0.233. The fourth-order valence-electron chi connectivity index (χ4n) is 5.05. The van der Waals surface area contributed by atoms with Crippen molar-refractivity contribution in [1.82, 2.24) is 24.6 Å². The summed E-state index contributed by atoms with van der Waals surface area (Å²) >= 11 is 0. The smallest absolute Gasteiger partial charge is 0.228 e. The number of nitrogens with zero attached hydrogens (tertiary/aromatic N) is 6. The summed E-state index contributed by atoms with van der Waals surface area (Å²) in [4.78, 5) is 13.7. The molecule has 1 aliphatic rings. The number of rotatable bonds is 7. The molecule has 0 aliphatic heterocycles. The first-order chi connectivity index (χ1) is 19.7. The Morgan fingerprint density at radius 3 is 2.38 bits per heavy atom. The predicted molar refractivity (Wildman–Crippen MR) is 153 cm³/mol. The van der Waals surface area contributed by atoms with E-state index in [2.05, 4.69) is 33.5 Å². The molecule has 198 valence electrons. The Kier molecular flexibility index (Phi) is 6.81. The monoisotopic (exact) mass is 529 g/mol. The van der Waals surface area contributed by atoms with Gasteiger partial charge >= 0.3 is 0 Å². The van der Waals surface area contributed by atoms with Crippen molar-refractivity contribution in [2.75, 3.05) is 19.5 Å². The maximum absolute atomic E-state index is 9.16. The van der Waals surface area contributed by atoms with Crippen LogP contribution in [0.5, 0.6) is 11.6 Å². The molecule has 5 aromatic rings. The van der Waals surface area contributed by atoms with Crippen LogP contribution >= 0.6 is 0 Å². The summed E-state index contributed by atoms with van der Waals surface area (Å²) in [5.41, 5.74) is 6.57. The van der Waals surface area contributed by atoms with Crippen LogP contribution < -0.4 is 14.8 Å². The molecule has 40 heavy (non-hydrogen) atoms. The molecule has 3 heterocycles. The summed E-state index contributed by atoms with van der Waals surface area (Å²) < 4.78 is 13.2. The van der Waals surface area contributed by atoms with Crippen molar-refractivity contribution in [2.24, 2.45) is 0 Å². The van der Waals surface area contributed by atoms with Crippen LogP contribution in [0.25, 0.3) is 33.6 Å².